The molecule has 1 nitrogen and oxygen atoms in total. The number of alkyl halides is 11. The van der Waals surface area contributed by atoms with Crippen LogP contribution in [0.3, 0.4) is 0 Å². The van der Waals surface area contributed by atoms with E-state index >= 15 is 0 Å². The van der Waals surface area contributed by atoms with Gasteiger partial charge in [-0.1, -0.05) is 25.1 Å². The van der Waals surface area contributed by atoms with Crippen LogP contribution >= 0.6 is 0 Å². The Morgan fingerprint density at radius 1 is 0.893 bits per heavy atom. The molecule has 0 saturated heterocycles. The lowest BCUT2D eigenvalue weighted by atomic mass is 9.90. The molecule has 0 aromatic heterocycles. The predicted molar refractivity (Wildman–Crippen MR) is 75.9 cm³/mol. The minimum absolute atomic E-state index is 0.479. The standard InChI is InChI=1S/C16H15F11O/c1-2-11(17)13(20,21)15(25,26)16(27,28)12(18,19)8-7-9-5-3-4-6-10(9)14(22,23)24/h3-6,11,28H,2,7-8H2,1H3. The zero-order valence-corrected chi connectivity index (χ0v) is 14.1. The summed E-state index contributed by atoms with van der Waals surface area (Å²) in [5.41, 5.74) is -2.29. The van der Waals surface area contributed by atoms with Crippen LogP contribution in [0.15, 0.2) is 24.3 Å². The molecule has 0 amide bonds. The van der Waals surface area contributed by atoms with Crippen LogP contribution in [0.25, 0.3) is 0 Å². The van der Waals surface area contributed by atoms with Crippen LogP contribution in [0.2, 0.25) is 0 Å². The van der Waals surface area contributed by atoms with Gasteiger partial charge < -0.3 is 5.11 Å². The fourth-order valence-corrected chi connectivity index (χ4v) is 2.38. The number of benzene rings is 1. The lowest BCUT2D eigenvalue weighted by molar-refractivity contribution is -0.401. The molecule has 1 aromatic carbocycles. The molecule has 0 fully saturated rings. The van der Waals surface area contributed by atoms with Crippen molar-refractivity contribution in [1.29, 1.82) is 0 Å². The maximum Gasteiger partial charge on any atom is 0.416 e. The van der Waals surface area contributed by atoms with Gasteiger partial charge >= 0.3 is 29.8 Å². The molecule has 0 heterocycles. The van der Waals surface area contributed by atoms with Gasteiger partial charge in [-0.25, -0.2) is 4.39 Å². The Kier molecular flexibility index (Phi) is 6.70. The summed E-state index contributed by atoms with van der Waals surface area (Å²) in [5.74, 6) is -24.4. The van der Waals surface area contributed by atoms with E-state index in [4.69, 9.17) is 5.11 Å². The van der Waals surface area contributed by atoms with Gasteiger partial charge in [0, 0.05) is 6.42 Å². The average Bonchev–Trinajstić information content (AvgIpc) is 2.58. The number of halogens is 11. The number of aryl methyl sites for hydroxylation is 1. The smallest absolute Gasteiger partial charge is 0.352 e. The molecular weight excluding hydrogens is 417 g/mol. The fraction of sp³-hybridized carbons (Fsp3) is 0.625. The third-order valence-electron chi connectivity index (χ3n) is 4.10. The Hall–Kier alpha value is -1.59. The van der Waals surface area contributed by atoms with E-state index < -0.39 is 66.4 Å². The van der Waals surface area contributed by atoms with Crippen LogP contribution in [-0.4, -0.2) is 34.9 Å². The molecular formula is C16H15F11O. The topological polar surface area (TPSA) is 20.2 Å². The van der Waals surface area contributed by atoms with Crippen LogP contribution in [0.1, 0.15) is 30.9 Å². The molecule has 1 rings (SSSR count). The minimum Gasteiger partial charge on any atom is -0.352 e. The highest BCUT2D eigenvalue weighted by molar-refractivity contribution is 5.30. The monoisotopic (exact) mass is 432 g/mol. The van der Waals surface area contributed by atoms with E-state index in [-0.39, 0.29) is 0 Å². The Morgan fingerprint density at radius 3 is 1.86 bits per heavy atom. The molecule has 0 aliphatic heterocycles. The first-order valence-electron chi connectivity index (χ1n) is 7.77. The van der Waals surface area contributed by atoms with Crippen molar-refractivity contribution < 1.29 is 53.4 Å². The first kappa shape index (κ1) is 24.4. The lowest BCUT2D eigenvalue weighted by Gasteiger charge is -2.39. The van der Waals surface area contributed by atoms with Crippen LogP contribution < -0.4 is 0 Å². The van der Waals surface area contributed by atoms with Crippen LogP contribution in [-0.2, 0) is 12.6 Å². The summed E-state index contributed by atoms with van der Waals surface area (Å²) in [4.78, 5) is 0. The number of aliphatic hydroxyl groups is 1. The molecule has 1 aromatic rings. The van der Waals surface area contributed by atoms with E-state index in [9.17, 15) is 48.3 Å². The number of rotatable bonds is 8. The van der Waals surface area contributed by atoms with Crippen LogP contribution in [0.5, 0.6) is 0 Å². The van der Waals surface area contributed by atoms with Gasteiger partial charge in [-0.2, -0.15) is 43.9 Å². The van der Waals surface area contributed by atoms with Crippen molar-refractivity contribution in [2.75, 3.05) is 0 Å². The molecule has 0 radical (unpaired) electrons. The van der Waals surface area contributed by atoms with Crippen molar-refractivity contribution in [3.63, 3.8) is 0 Å². The van der Waals surface area contributed by atoms with Crippen molar-refractivity contribution in [3.8, 4) is 0 Å². The number of hydrogen-bond donors (Lipinski definition) is 1. The summed E-state index contributed by atoms with van der Waals surface area (Å²) in [6, 6.07) is 3.06. The Labute approximate surface area is 152 Å². The molecule has 12 heteroatoms. The largest absolute Gasteiger partial charge is 0.416 e. The van der Waals surface area contributed by atoms with Crippen molar-refractivity contribution in [1.82, 2.24) is 0 Å². The molecule has 2 unspecified atom stereocenters. The van der Waals surface area contributed by atoms with E-state index in [1.807, 2.05) is 0 Å². The summed E-state index contributed by atoms with van der Waals surface area (Å²) < 4.78 is 147. The molecule has 1 N–H and O–H groups in total. The van der Waals surface area contributed by atoms with Gasteiger partial charge in [0.15, 0.2) is 6.17 Å². The summed E-state index contributed by atoms with van der Waals surface area (Å²) >= 11 is 0. The average molecular weight is 432 g/mol. The van der Waals surface area contributed by atoms with E-state index in [2.05, 4.69) is 0 Å². The van der Waals surface area contributed by atoms with Gasteiger partial charge in [0.2, 0.25) is 0 Å². The van der Waals surface area contributed by atoms with Crippen molar-refractivity contribution in [3.05, 3.63) is 35.4 Å². The van der Waals surface area contributed by atoms with Gasteiger partial charge in [-0.15, -0.1) is 0 Å². The third kappa shape index (κ3) is 4.20. The summed E-state index contributed by atoms with van der Waals surface area (Å²) in [5, 5.41) is 8.92. The second-order valence-electron chi connectivity index (χ2n) is 6.05. The van der Waals surface area contributed by atoms with Crippen molar-refractivity contribution >= 4 is 0 Å². The SMILES string of the molecule is CCC(F)C(F)(F)C(F)(F)C(O)(F)C(F)(F)CCc1ccccc1C(F)(F)F. The zero-order chi connectivity index (χ0) is 22.2. The normalized spacial score (nSPS) is 17.3. The van der Waals surface area contributed by atoms with Crippen molar-refractivity contribution in [2.45, 2.75) is 62.2 Å². The maximum atomic E-state index is 13.9. The van der Waals surface area contributed by atoms with E-state index in [0.29, 0.717) is 19.1 Å². The second kappa shape index (κ2) is 7.68. The quantitative estimate of drug-likeness (QED) is 0.504. The molecule has 0 aliphatic carbocycles. The van der Waals surface area contributed by atoms with Gasteiger partial charge in [-0.05, 0) is 24.5 Å². The highest BCUT2D eigenvalue weighted by Gasteiger charge is 2.80. The summed E-state index contributed by atoms with van der Waals surface area (Å²) in [6.45, 7) is 0.651. The van der Waals surface area contributed by atoms with Gasteiger partial charge in [-0.3, -0.25) is 0 Å². The summed E-state index contributed by atoms with van der Waals surface area (Å²) in [6.07, 6.45) is -13.6. The fourth-order valence-electron chi connectivity index (χ4n) is 2.38. The van der Waals surface area contributed by atoms with E-state index in [1.165, 1.54) is 0 Å². The Balaban J connectivity index is 3.19. The molecule has 0 bridgehead atoms. The summed E-state index contributed by atoms with van der Waals surface area (Å²) in [7, 11) is 0. The van der Waals surface area contributed by atoms with E-state index in [1.54, 1.807) is 0 Å². The van der Waals surface area contributed by atoms with Crippen molar-refractivity contribution in [2.24, 2.45) is 0 Å². The molecule has 2 atom stereocenters. The number of hydrogen-bond acceptors (Lipinski definition) is 1. The zero-order valence-electron chi connectivity index (χ0n) is 14.1. The third-order valence-corrected chi connectivity index (χ3v) is 4.10. The minimum atomic E-state index is -6.57. The molecule has 0 saturated carbocycles. The lowest BCUT2D eigenvalue weighted by Crippen LogP contribution is -2.66. The Morgan fingerprint density at radius 2 is 1.39 bits per heavy atom. The van der Waals surface area contributed by atoms with Crippen LogP contribution in [0, 0.1) is 0 Å². The maximum absolute atomic E-state index is 13.9. The first-order chi connectivity index (χ1) is 12.4. The highest BCUT2D eigenvalue weighted by Crippen LogP contribution is 2.53. The van der Waals surface area contributed by atoms with Gasteiger partial charge in [0.05, 0.1) is 5.56 Å². The highest BCUT2D eigenvalue weighted by atomic mass is 19.4. The first-order valence-corrected chi connectivity index (χ1v) is 7.77. The predicted octanol–water partition coefficient (Wildman–Crippen LogP) is 5.95. The molecule has 0 aliphatic rings. The van der Waals surface area contributed by atoms with Crippen LogP contribution in [0.4, 0.5) is 48.3 Å². The van der Waals surface area contributed by atoms with Gasteiger partial charge in [0.1, 0.15) is 0 Å². The molecule has 28 heavy (non-hydrogen) atoms. The van der Waals surface area contributed by atoms with Gasteiger partial charge in [0.25, 0.3) is 0 Å². The molecule has 0 spiro atoms. The van der Waals surface area contributed by atoms with E-state index in [0.717, 1.165) is 12.1 Å². The second-order valence-corrected chi connectivity index (χ2v) is 6.05. The molecule has 162 valence electrons. The Bertz CT molecular complexity index is 667.